The van der Waals surface area contributed by atoms with E-state index < -0.39 is 0 Å². The van der Waals surface area contributed by atoms with Crippen LogP contribution in [0.4, 0.5) is 0 Å². The molecule has 21 heavy (non-hydrogen) atoms. The van der Waals surface area contributed by atoms with Crippen LogP contribution in [0.15, 0.2) is 24.3 Å². The molecular weight excluding hydrogens is 268 g/mol. The Kier molecular flexibility index (Phi) is 3.49. The van der Waals surface area contributed by atoms with Crippen LogP contribution in [0.1, 0.15) is 53.3 Å². The van der Waals surface area contributed by atoms with Gasteiger partial charge in [-0.05, 0) is 25.0 Å². The Hall–Kier alpha value is -2.17. The van der Waals surface area contributed by atoms with Crippen molar-refractivity contribution in [2.24, 2.45) is 0 Å². The summed E-state index contributed by atoms with van der Waals surface area (Å²) in [6, 6.07) is 6.52. The summed E-state index contributed by atoms with van der Waals surface area (Å²) in [5, 5.41) is 2.89. The number of hydrogen-bond acceptors (Lipinski definition) is 3. The molecule has 1 aromatic rings. The van der Waals surface area contributed by atoms with Gasteiger partial charge in [-0.15, -0.1) is 0 Å². The summed E-state index contributed by atoms with van der Waals surface area (Å²) >= 11 is 0. The molecule has 1 fully saturated rings. The molecule has 0 bridgehead atoms. The molecule has 0 saturated heterocycles. The van der Waals surface area contributed by atoms with Gasteiger partial charge in [0.05, 0.1) is 17.2 Å². The number of benzene rings is 1. The second-order valence-electron chi connectivity index (χ2n) is 5.68. The first kappa shape index (κ1) is 13.8. The first-order valence-electron chi connectivity index (χ1n) is 7.33. The van der Waals surface area contributed by atoms with Crippen LogP contribution in [0.25, 0.3) is 0 Å². The van der Waals surface area contributed by atoms with Gasteiger partial charge in [-0.3, -0.25) is 19.3 Å². The number of nitrogens with zero attached hydrogens (tertiary/aromatic N) is 1. The molecule has 0 unspecified atom stereocenters. The minimum absolute atomic E-state index is 0.122. The maximum Gasteiger partial charge on any atom is 0.261 e. The van der Waals surface area contributed by atoms with Crippen molar-refractivity contribution in [3.05, 3.63) is 35.4 Å². The lowest BCUT2D eigenvalue weighted by atomic mass is 9.89. The fourth-order valence-electron chi connectivity index (χ4n) is 3.36. The normalized spacial score (nSPS) is 24.9. The summed E-state index contributed by atoms with van der Waals surface area (Å²) in [6.07, 6.45) is 3.52. The van der Waals surface area contributed by atoms with Crippen LogP contribution in [-0.2, 0) is 4.79 Å². The smallest absolute Gasteiger partial charge is 0.261 e. The number of imide groups is 1. The predicted octanol–water partition coefficient (Wildman–Crippen LogP) is 1.73. The largest absolute Gasteiger partial charge is 0.352 e. The van der Waals surface area contributed by atoms with Gasteiger partial charge in [-0.1, -0.05) is 25.0 Å². The summed E-state index contributed by atoms with van der Waals surface area (Å²) in [5.41, 5.74) is 0.935. The number of rotatable bonds is 2. The summed E-state index contributed by atoms with van der Waals surface area (Å²) in [6.45, 7) is 1.47. The molecule has 2 atom stereocenters. The van der Waals surface area contributed by atoms with E-state index in [-0.39, 0.29) is 29.8 Å². The van der Waals surface area contributed by atoms with E-state index in [9.17, 15) is 14.4 Å². The predicted molar refractivity (Wildman–Crippen MR) is 76.8 cm³/mol. The van der Waals surface area contributed by atoms with E-state index in [1.54, 1.807) is 24.3 Å². The minimum Gasteiger partial charge on any atom is -0.352 e. The molecule has 2 aliphatic rings. The first-order valence-corrected chi connectivity index (χ1v) is 7.33. The van der Waals surface area contributed by atoms with Crippen molar-refractivity contribution in [1.29, 1.82) is 0 Å². The topological polar surface area (TPSA) is 66.5 Å². The second-order valence-corrected chi connectivity index (χ2v) is 5.68. The number of hydrogen-bond donors (Lipinski definition) is 1. The lowest BCUT2D eigenvalue weighted by Crippen LogP contribution is -2.54. The molecule has 1 saturated carbocycles. The fraction of sp³-hybridized carbons (Fsp3) is 0.438. The maximum atomic E-state index is 12.5. The lowest BCUT2D eigenvalue weighted by Gasteiger charge is -2.36. The summed E-state index contributed by atoms with van der Waals surface area (Å²) in [7, 11) is 0. The van der Waals surface area contributed by atoms with Crippen LogP contribution in [0.5, 0.6) is 0 Å². The van der Waals surface area contributed by atoms with Crippen LogP contribution >= 0.6 is 0 Å². The Morgan fingerprint density at radius 1 is 1.10 bits per heavy atom. The average Bonchev–Trinajstić information content (AvgIpc) is 2.72. The summed E-state index contributed by atoms with van der Waals surface area (Å²) < 4.78 is 0. The maximum absolute atomic E-state index is 12.5. The highest BCUT2D eigenvalue weighted by molar-refractivity contribution is 6.21. The van der Waals surface area contributed by atoms with Crippen molar-refractivity contribution in [1.82, 2.24) is 10.2 Å². The molecule has 5 nitrogen and oxygen atoms in total. The van der Waals surface area contributed by atoms with E-state index in [4.69, 9.17) is 0 Å². The molecular formula is C16H18N2O3. The lowest BCUT2D eigenvalue weighted by molar-refractivity contribution is -0.120. The number of nitrogens with one attached hydrogen (secondary N) is 1. The SMILES string of the molecule is CC(=O)N[C@@H]1CCCC[C@H]1N1C(=O)c2ccccc2C1=O. The Balaban J connectivity index is 1.91. The molecule has 110 valence electrons. The third-order valence-electron chi connectivity index (χ3n) is 4.28. The highest BCUT2D eigenvalue weighted by Crippen LogP contribution is 2.31. The Morgan fingerprint density at radius 2 is 1.67 bits per heavy atom. The van der Waals surface area contributed by atoms with Gasteiger partial charge >= 0.3 is 0 Å². The van der Waals surface area contributed by atoms with Gasteiger partial charge < -0.3 is 5.32 Å². The Bertz CT molecular complexity index is 576. The Morgan fingerprint density at radius 3 is 2.24 bits per heavy atom. The van der Waals surface area contributed by atoms with E-state index >= 15 is 0 Å². The molecule has 0 spiro atoms. The second kappa shape index (κ2) is 5.31. The van der Waals surface area contributed by atoms with Crippen molar-refractivity contribution in [3.8, 4) is 0 Å². The van der Waals surface area contributed by atoms with Gasteiger partial charge in [0.25, 0.3) is 11.8 Å². The third kappa shape index (κ3) is 2.33. The van der Waals surface area contributed by atoms with E-state index in [0.29, 0.717) is 11.1 Å². The zero-order chi connectivity index (χ0) is 15.0. The number of amides is 3. The van der Waals surface area contributed by atoms with Crippen molar-refractivity contribution >= 4 is 17.7 Å². The molecule has 0 radical (unpaired) electrons. The number of carbonyl (C=O) groups is 3. The molecule has 0 aromatic heterocycles. The van der Waals surface area contributed by atoms with Crippen molar-refractivity contribution in [2.45, 2.75) is 44.7 Å². The van der Waals surface area contributed by atoms with Gasteiger partial charge in [-0.25, -0.2) is 0 Å². The van der Waals surface area contributed by atoms with Gasteiger partial charge in [-0.2, -0.15) is 0 Å². The molecule has 1 aromatic carbocycles. The van der Waals surface area contributed by atoms with E-state index in [2.05, 4.69) is 5.32 Å². The van der Waals surface area contributed by atoms with Crippen molar-refractivity contribution < 1.29 is 14.4 Å². The van der Waals surface area contributed by atoms with E-state index in [1.807, 2.05) is 0 Å². The summed E-state index contributed by atoms with van der Waals surface area (Å²) in [4.78, 5) is 37.8. The number of fused-ring (bicyclic) bond motifs is 1. The van der Waals surface area contributed by atoms with Gasteiger partial charge in [0.1, 0.15) is 0 Å². The molecule has 3 rings (SSSR count). The van der Waals surface area contributed by atoms with Crippen molar-refractivity contribution in [2.75, 3.05) is 0 Å². The summed E-state index contributed by atoms with van der Waals surface area (Å²) in [5.74, 6) is -0.598. The Labute approximate surface area is 123 Å². The van der Waals surface area contributed by atoms with Crippen LogP contribution in [0.3, 0.4) is 0 Å². The number of carbonyl (C=O) groups excluding carboxylic acids is 3. The molecule has 1 heterocycles. The zero-order valence-corrected chi connectivity index (χ0v) is 12.0. The standard InChI is InChI=1S/C16H18N2O3/c1-10(19)17-13-8-4-5-9-14(13)18-15(20)11-6-2-3-7-12(11)16(18)21/h2-3,6-7,13-14H,4-5,8-9H2,1H3,(H,17,19)/t13-,14-/m1/s1. The monoisotopic (exact) mass is 286 g/mol. The van der Waals surface area contributed by atoms with Crippen LogP contribution in [-0.4, -0.2) is 34.7 Å². The molecule has 1 N–H and O–H groups in total. The molecule has 3 amide bonds. The zero-order valence-electron chi connectivity index (χ0n) is 12.0. The van der Waals surface area contributed by atoms with E-state index in [0.717, 1.165) is 25.7 Å². The fourth-order valence-corrected chi connectivity index (χ4v) is 3.36. The molecule has 5 heteroatoms. The van der Waals surface area contributed by atoms with Gasteiger partial charge in [0, 0.05) is 13.0 Å². The highest BCUT2D eigenvalue weighted by atomic mass is 16.2. The average molecular weight is 286 g/mol. The van der Waals surface area contributed by atoms with Gasteiger partial charge in [0.2, 0.25) is 5.91 Å². The van der Waals surface area contributed by atoms with Crippen LogP contribution in [0, 0.1) is 0 Å². The first-order chi connectivity index (χ1) is 10.1. The minimum atomic E-state index is -0.241. The highest BCUT2D eigenvalue weighted by Gasteiger charge is 2.43. The van der Waals surface area contributed by atoms with Crippen LogP contribution < -0.4 is 5.32 Å². The molecule has 1 aliphatic heterocycles. The van der Waals surface area contributed by atoms with Crippen LogP contribution in [0.2, 0.25) is 0 Å². The van der Waals surface area contributed by atoms with E-state index in [1.165, 1.54) is 11.8 Å². The quantitative estimate of drug-likeness (QED) is 0.842. The van der Waals surface area contributed by atoms with Gasteiger partial charge in [0.15, 0.2) is 0 Å². The third-order valence-corrected chi connectivity index (χ3v) is 4.28. The molecule has 1 aliphatic carbocycles. The van der Waals surface area contributed by atoms with Crippen molar-refractivity contribution in [3.63, 3.8) is 0 Å².